The van der Waals surface area contributed by atoms with Crippen molar-refractivity contribution >= 4 is 0 Å². The molecule has 1 heterocycles. The summed E-state index contributed by atoms with van der Waals surface area (Å²) in [5, 5.41) is 0. The van der Waals surface area contributed by atoms with Gasteiger partial charge in [-0.05, 0) is 36.6 Å². The third kappa shape index (κ3) is 5.71. The van der Waals surface area contributed by atoms with Gasteiger partial charge < -0.3 is 9.64 Å². The van der Waals surface area contributed by atoms with Crippen molar-refractivity contribution in [1.82, 2.24) is 4.90 Å². The molecule has 0 N–H and O–H groups in total. The maximum Gasteiger partial charge on any atom is 0.0828 e. The summed E-state index contributed by atoms with van der Waals surface area (Å²) in [4.78, 5) is 2.31. The Morgan fingerprint density at radius 3 is 2.11 bits per heavy atom. The minimum atomic E-state index is 0.284. The largest absolute Gasteiger partial charge is 0.375 e. The van der Waals surface area contributed by atoms with Crippen LogP contribution < -0.4 is 0 Å². The molecule has 0 bridgehead atoms. The lowest BCUT2D eigenvalue weighted by molar-refractivity contribution is -0.0770. The van der Waals surface area contributed by atoms with E-state index in [1.807, 2.05) is 0 Å². The van der Waals surface area contributed by atoms with Crippen molar-refractivity contribution in [3.8, 4) is 0 Å². The van der Waals surface area contributed by atoms with E-state index in [-0.39, 0.29) is 5.41 Å². The van der Waals surface area contributed by atoms with Gasteiger partial charge in [0.15, 0.2) is 0 Å². The van der Waals surface area contributed by atoms with Crippen molar-refractivity contribution < 1.29 is 4.74 Å². The highest BCUT2D eigenvalue weighted by Crippen LogP contribution is 2.38. The van der Waals surface area contributed by atoms with Crippen molar-refractivity contribution in [3.63, 3.8) is 0 Å². The van der Waals surface area contributed by atoms with E-state index in [2.05, 4.69) is 53.5 Å². The van der Waals surface area contributed by atoms with Gasteiger partial charge in [0.05, 0.1) is 12.7 Å². The smallest absolute Gasteiger partial charge is 0.0828 e. The fourth-order valence-electron chi connectivity index (χ4n) is 3.61. The van der Waals surface area contributed by atoms with Crippen LogP contribution >= 0.6 is 0 Å². The molecule has 0 saturated carbocycles. The van der Waals surface area contributed by atoms with Crippen LogP contribution in [0.25, 0.3) is 0 Å². The Kier molecular flexibility index (Phi) is 5.25. The van der Waals surface area contributed by atoms with Crippen molar-refractivity contribution in [2.45, 2.75) is 60.5 Å². The van der Waals surface area contributed by atoms with E-state index in [0.29, 0.717) is 11.5 Å². The van der Waals surface area contributed by atoms with Gasteiger partial charge in [0.25, 0.3) is 0 Å². The van der Waals surface area contributed by atoms with Crippen LogP contribution in [0, 0.1) is 16.7 Å². The van der Waals surface area contributed by atoms with Crippen molar-refractivity contribution in [3.05, 3.63) is 0 Å². The normalized spacial score (nSPS) is 19.3. The molecule has 0 unspecified atom stereocenters. The van der Waals surface area contributed by atoms with Crippen LogP contribution in [0.15, 0.2) is 0 Å². The second-order valence-electron chi connectivity index (χ2n) is 8.26. The Morgan fingerprint density at radius 2 is 1.67 bits per heavy atom. The van der Waals surface area contributed by atoms with E-state index in [0.717, 1.165) is 25.6 Å². The first-order chi connectivity index (χ1) is 8.10. The Bertz CT molecular complexity index is 252. The van der Waals surface area contributed by atoms with Gasteiger partial charge in [-0.1, -0.05) is 41.5 Å². The number of likely N-dealkylation sites (N-methyl/N-ethyl adjacent to an activating group) is 1. The van der Waals surface area contributed by atoms with E-state index in [1.165, 1.54) is 12.8 Å². The monoisotopic (exact) mass is 255 g/mol. The lowest BCUT2D eigenvalue weighted by atomic mass is 9.72. The molecule has 0 aromatic carbocycles. The van der Waals surface area contributed by atoms with Crippen LogP contribution in [0.2, 0.25) is 0 Å². The van der Waals surface area contributed by atoms with Gasteiger partial charge in [0, 0.05) is 13.1 Å². The van der Waals surface area contributed by atoms with E-state index in [4.69, 9.17) is 4.74 Å². The highest BCUT2D eigenvalue weighted by molar-refractivity contribution is 4.82. The van der Waals surface area contributed by atoms with Crippen molar-refractivity contribution in [2.24, 2.45) is 16.7 Å². The lowest BCUT2D eigenvalue weighted by Gasteiger charge is -2.40. The molecular formula is C16H33NO. The summed E-state index contributed by atoms with van der Waals surface area (Å²) < 4.78 is 6.02. The second kappa shape index (κ2) is 5.92. The third-order valence-electron chi connectivity index (χ3n) is 3.66. The van der Waals surface area contributed by atoms with Crippen LogP contribution in [-0.4, -0.2) is 37.7 Å². The van der Waals surface area contributed by atoms with E-state index in [9.17, 15) is 0 Å². The summed E-state index contributed by atoms with van der Waals surface area (Å²) in [7, 11) is 2.15. The quantitative estimate of drug-likeness (QED) is 0.686. The fourth-order valence-corrected chi connectivity index (χ4v) is 3.61. The summed E-state index contributed by atoms with van der Waals surface area (Å²) in [5.74, 6) is 0.775. The Morgan fingerprint density at radius 1 is 1.11 bits per heavy atom. The van der Waals surface area contributed by atoms with Crippen LogP contribution in [-0.2, 0) is 4.74 Å². The molecule has 2 nitrogen and oxygen atoms in total. The molecule has 18 heavy (non-hydrogen) atoms. The summed E-state index contributed by atoms with van der Waals surface area (Å²) >= 11 is 0. The van der Waals surface area contributed by atoms with Gasteiger partial charge in [-0.3, -0.25) is 0 Å². The van der Waals surface area contributed by atoms with Gasteiger partial charge in [-0.2, -0.15) is 0 Å². The van der Waals surface area contributed by atoms with Crippen LogP contribution in [0.5, 0.6) is 0 Å². The second-order valence-corrected chi connectivity index (χ2v) is 8.26. The molecule has 0 aliphatic carbocycles. The number of rotatable bonds is 7. The van der Waals surface area contributed by atoms with Gasteiger partial charge in [0.2, 0.25) is 0 Å². The minimum Gasteiger partial charge on any atom is -0.375 e. The Labute approximate surface area is 114 Å². The van der Waals surface area contributed by atoms with Crippen LogP contribution in [0.4, 0.5) is 0 Å². The topological polar surface area (TPSA) is 12.5 Å². The maximum atomic E-state index is 6.02. The zero-order valence-corrected chi connectivity index (χ0v) is 13.5. The van der Waals surface area contributed by atoms with Crippen molar-refractivity contribution in [1.29, 1.82) is 0 Å². The molecule has 1 fully saturated rings. The average molecular weight is 255 g/mol. The van der Waals surface area contributed by atoms with Crippen molar-refractivity contribution in [2.75, 3.05) is 26.7 Å². The standard InChI is InChI=1S/C16H33NO/c1-13(2)8-15(3,4)11-16(5,6)12-18-14-9-17(7)10-14/h13-14H,8-12H2,1-7H3. The SMILES string of the molecule is CC(C)CC(C)(C)CC(C)(C)COC1CN(C)C1. The van der Waals surface area contributed by atoms with E-state index >= 15 is 0 Å². The Balaban J connectivity index is 2.33. The molecule has 1 saturated heterocycles. The highest BCUT2D eigenvalue weighted by atomic mass is 16.5. The zero-order valence-electron chi connectivity index (χ0n) is 13.5. The first-order valence-corrected chi connectivity index (χ1v) is 7.40. The van der Waals surface area contributed by atoms with Crippen LogP contribution in [0.1, 0.15) is 54.4 Å². The minimum absolute atomic E-state index is 0.284. The van der Waals surface area contributed by atoms with Gasteiger partial charge in [0.1, 0.15) is 0 Å². The summed E-state index contributed by atoms with van der Waals surface area (Å²) in [6, 6.07) is 0. The number of nitrogens with zero attached hydrogens (tertiary/aromatic N) is 1. The first-order valence-electron chi connectivity index (χ1n) is 7.40. The number of likely N-dealkylation sites (tertiary alicyclic amines) is 1. The predicted molar refractivity (Wildman–Crippen MR) is 78.9 cm³/mol. The molecule has 0 amide bonds. The number of hydrogen-bond acceptors (Lipinski definition) is 2. The fraction of sp³-hybridized carbons (Fsp3) is 1.00. The third-order valence-corrected chi connectivity index (χ3v) is 3.66. The maximum absolute atomic E-state index is 6.02. The zero-order chi connectivity index (χ0) is 14.0. The molecule has 0 radical (unpaired) electrons. The predicted octanol–water partition coefficient (Wildman–Crippen LogP) is 3.81. The van der Waals surface area contributed by atoms with E-state index in [1.54, 1.807) is 0 Å². The van der Waals surface area contributed by atoms with Gasteiger partial charge >= 0.3 is 0 Å². The van der Waals surface area contributed by atoms with Gasteiger partial charge in [-0.15, -0.1) is 0 Å². The molecule has 1 rings (SSSR count). The number of ether oxygens (including phenoxy) is 1. The summed E-state index contributed by atoms with van der Waals surface area (Å²) in [5.41, 5.74) is 0.698. The molecular weight excluding hydrogens is 222 g/mol. The molecule has 0 atom stereocenters. The summed E-state index contributed by atoms with van der Waals surface area (Å²) in [6.45, 7) is 17.2. The number of hydrogen-bond donors (Lipinski definition) is 0. The molecule has 108 valence electrons. The molecule has 1 aliphatic rings. The highest BCUT2D eigenvalue weighted by Gasteiger charge is 2.32. The lowest BCUT2D eigenvalue weighted by Crippen LogP contribution is -2.50. The summed E-state index contributed by atoms with van der Waals surface area (Å²) in [6.07, 6.45) is 3.01. The van der Waals surface area contributed by atoms with Gasteiger partial charge in [-0.25, -0.2) is 0 Å². The molecule has 1 aliphatic heterocycles. The molecule has 0 aromatic rings. The average Bonchev–Trinajstić information content (AvgIpc) is 2.06. The molecule has 2 heteroatoms. The first kappa shape index (κ1) is 16.0. The molecule has 0 aromatic heterocycles. The van der Waals surface area contributed by atoms with Crippen LogP contribution in [0.3, 0.4) is 0 Å². The Hall–Kier alpha value is -0.0800. The molecule has 0 spiro atoms. The van der Waals surface area contributed by atoms with E-state index < -0.39 is 0 Å².